The van der Waals surface area contributed by atoms with E-state index in [4.69, 9.17) is 5.73 Å². The van der Waals surface area contributed by atoms with Crippen LogP contribution in [0.4, 0.5) is 0 Å². The summed E-state index contributed by atoms with van der Waals surface area (Å²) in [6.45, 7) is 3.14. The molecule has 2 N–H and O–H groups in total. The number of rotatable bonds is 2. The summed E-state index contributed by atoms with van der Waals surface area (Å²) >= 11 is 3.98. The highest BCUT2D eigenvalue weighted by atomic mass is 32.2. The third-order valence-electron chi connectivity index (χ3n) is 3.94. The fourth-order valence-corrected chi connectivity index (χ4v) is 5.17. The standard InChI is InChI=1S/C12H18N2S2/c13-8-12(3-6-15-9-12)14-4-1-11-10(7-14)2-5-16-11/h2,5H,1,3-4,6-9,13H2. The molecule has 0 radical (unpaired) electrons. The Balaban J connectivity index is 1.82. The first-order valence-corrected chi connectivity index (χ1v) is 7.96. The quantitative estimate of drug-likeness (QED) is 0.874. The first-order valence-electron chi connectivity index (χ1n) is 5.92. The summed E-state index contributed by atoms with van der Waals surface area (Å²) in [7, 11) is 0. The monoisotopic (exact) mass is 254 g/mol. The number of nitrogens with two attached hydrogens (primary N) is 1. The number of thiophene rings is 1. The molecule has 3 heterocycles. The maximum Gasteiger partial charge on any atom is 0.0433 e. The van der Waals surface area contributed by atoms with Gasteiger partial charge in [-0.3, -0.25) is 4.90 Å². The lowest BCUT2D eigenvalue weighted by Gasteiger charge is -2.42. The summed E-state index contributed by atoms with van der Waals surface area (Å²) in [5.74, 6) is 2.51. The molecule has 1 atom stereocenters. The van der Waals surface area contributed by atoms with Gasteiger partial charge in [-0.05, 0) is 35.6 Å². The largest absolute Gasteiger partial charge is 0.329 e. The number of hydrogen-bond donors (Lipinski definition) is 1. The van der Waals surface area contributed by atoms with E-state index in [0.29, 0.717) is 5.54 Å². The first kappa shape index (κ1) is 11.1. The Hall–Kier alpha value is -0.0300. The van der Waals surface area contributed by atoms with Crippen LogP contribution in [0.5, 0.6) is 0 Å². The van der Waals surface area contributed by atoms with Crippen molar-refractivity contribution in [2.45, 2.75) is 24.9 Å². The highest BCUT2D eigenvalue weighted by molar-refractivity contribution is 7.99. The van der Waals surface area contributed by atoms with Gasteiger partial charge in [-0.1, -0.05) is 0 Å². The lowest BCUT2D eigenvalue weighted by atomic mass is 9.93. The Kier molecular flexibility index (Phi) is 3.00. The van der Waals surface area contributed by atoms with Crippen LogP contribution in [0.1, 0.15) is 16.9 Å². The second-order valence-corrected chi connectivity index (χ2v) is 6.88. The average molecular weight is 254 g/mol. The topological polar surface area (TPSA) is 29.3 Å². The van der Waals surface area contributed by atoms with Crippen LogP contribution < -0.4 is 5.73 Å². The van der Waals surface area contributed by atoms with Crippen LogP contribution >= 0.6 is 23.1 Å². The fourth-order valence-electron chi connectivity index (χ4n) is 2.79. The molecule has 16 heavy (non-hydrogen) atoms. The number of hydrogen-bond acceptors (Lipinski definition) is 4. The van der Waals surface area contributed by atoms with E-state index in [1.807, 2.05) is 11.3 Å². The van der Waals surface area contributed by atoms with Gasteiger partial charge in [-0.25, -0.2) is 0 Å². The molecule has 1 aromatic heterocycles. The Morgan fingerprint density at radius 1 is 1.50 bits per heavy atom. The van der Waals surface area contributed by atoms with Gasteiger partial charge < -0.3 is 5.73 Å². The SMILES string of the molecule is NCC1(N2CCc3sccc3C2)CCSC1. The van der Waals surface area contributed by atoms with E-state index < -0.39 is 0 Å². The highest BCUT2D eigenvalue weighted by Crippen LogP contribution is 2.36. The minimum absolute atomic E-state index is 0.296. The van der Waals surface area contributed by atoms with Crippen molar-refractivity contribution in [3.8, 4) is 0 Å². The Labute approximate surface area is 105 Å². The van der Waals surface area contributed by atoms with Gasteiger partial charge >= 0.3 is 0 Å². The van der Waals surface area contributed by atoms with Gasteiger partial charge in [0.2, 0.25) is 0 Å². The van der Waals surface area contributed by atoms with Crippen molar-refractivity contribution < 1.29 is 0 Å². The Bertz CT molecular complexity index is 369. The highest BCUT2D eigenvalue weighted by Gasteiger charge is 2.40. The van der Waals surface area contributed by atoms with Crippen LogP contribution in [0.25, 0.3) is 0 Å². The van der Waals surface area contributed by atoms with Crippen molar-refractivity contribution in [3.05, 3.63) is 21.9 Å². The summed E-state index contributed by atoms with van der Waals surface area (Å²) < 4.78 is 0. The van der Waals surface area contributed by atoms with Crippen molar-refractivity contribution in [3.63, 3.8) is 0 Å². The zero-order chi connectivity index (χ0) is 11.0. The molecule has 0 bridgehead atoms. The summed E-state index contributed by atoms with van der Waals surface area (Å²) in [4.78, 5) is 4.23. The Morgan fingerprint density at radius 2 is 2.44 bits per heavy atom. The van der Waals surface area contributed by atoms with Crippen molar-refractivity contribution in [2.75, 3.05) is 24.6 Å². The number of nitrogens with zero attached hydrogens (tertiary/aromatic N) is 1. The van der Waals surface area contributed by atoms with Crippen LogP contribution in [0, 0.1) is 0 Å². The molecule has 2 aliphatic rings. The summed E-state index contributed by atoms with van der Waals surface area (Å²) in [6, 6.07) is 2.29. The molecule has 1 saturated heterocycles. The summed E-state index contributed by atoms with van der Waals surface area (Å²) in [5, 5.41) is 2.23. The minimum Gasteiger partial charge on any atom is -0.329 e. The van der Waals surface area contributed by atoms with Crippen LogP contribution in [0.15, 0.2) is 11.4 Å². The van der Waals surface area contributed by atoms with Crippen LogP contribution in [0.2, 0.25) is 0 Å². The molecule has 0 aliphatic carbocycles. The molecular formula is C12H18N2S2. The van der Waals surface area contributed by atoms with E-state index in [-0.39, 0.29) is 0 Å². The zero-order valence-corrected chi connectivity index (χ0v) is 11.1. The second-order valence-electron chi connectivity index (χ2n) is 4.77. The zero-order valence-electron chi connectivity index (χ0n) is 9.45. The molecule has 0 aromatic carbocycles. The molecule has 0 spiro atoms. The fraction of sp³-hybridized carbons (Fsp3) is 0.667. The van der Waals surface area contributed by atoms with E-state index in [1.54, 1.807) is 10.4 Å². The maximum atomic E-state index is 6.04. The number of thioether (sulfide) groups is 1. The van der Waals surface area contributed by atoms with Crippen molar-refractivity contribution in [1.29, 1.82) is 0 Å². The normalized spacial score (nSPS) is 30.6. The number of fused-ring (bicyclic) bond motifs is 1. The van der Waals surface area contributed by atoms with E-state index in [9.17, 15) is 0 Å². The van der Waals surface area contributed by atoms with E-state index in [1.165, 1.54) is 30.9 Å². The lowest BCUT2D eigenvalue weighted by Crippen LogP contribution is -2.55. The second kappa shape index (κ2) is 4.33. The molecule has 4 heteroatoms. The lowest BCUT2D eigenvalue weighted by molar-refractivity contribution is 0.102. The van der Waals surface area contributed by atoms with E-state index in [0.717, 1.165) is 13.1 Å². The van der Waals surface area contributed by atoms with Crippen molar-refractivity contribution in [1.82, 2.24) is 4.90 Å². The summed E-state index contributed by atoms with van der Waals surface area (Å²) in [6.07, 6.45) is 2.49. The first-order chi connectivity index (χ1) is 7.84. The predicted molar refractivity (Wildman–Crippen MR) is 72.2 cm³/mol. The molecule has 0 amide bonds. The predicted octanol–water partition coefficient (Wildman–Crippen LogP) is 1.94. The van der Waals surface area contributed by atoms with Gasteiger partial charge in [0.15, 0.2) is 0 Å². The molecule has 1 fully saturated rings. The molecule has 0 saturated carbocycles. The van der Waals surface area contributed by atoms with Gasteiger partial charge in [-0.15, -0.1) is 11.3 Å². The van der Waals surface area contributed by atoms with Crippen molar-refractivity contribution in [2.24, 2.45) is 5.73 Å². The van der Waals surface area contributed by atoms with Gasteiger partial charge in [0, 0.05) is 35.8 Å². The molecule has 3 rings (SSSR count). The van der Waals surface area contributed by atoms with Crippen LogP contribution in [-0.4, -0.2) is 35.0 Å². The van der Waals surface area contributed by atoms with Gasteiger partial charge in [0.1, 0.15) is 0 Å². The third kappa shape index (κ3) is 1.72. The van der Waals surface area contributed by atoms with E-state index in [2.05, 4.69) is 28.1 Å². The molecule has 1 aromatic rings. The molecule has 2 aliphatic heterocycles. The maximum absolute atomic E-state index is 6.04. The Morgan fingerprint density at radius 3 is 3.19 bits per heavy atom. The summed E-state index contributed by atoms with van der Waals surface area (Å²) in [5.41, 5.74) is 7.88. The van der Waals surface area contributed by atoms with Crippen molar-refractivity contribution >= 4 is 23.1 Å². The third-order valence-corrected chi connectivity index (χ3v) is 6.20. The van der Waals surface area contributed by atoms with Gasteiger partial charge in [0.25, 0.3) is 0 Å². The minimum atomic E-state index is 0.296. The van der Waals surface area contributed by atoms with Gasteiger partial charge in [-0.2, -0.15) is 11.8 Å². The molecule has 2 nitrogen and oxygen atoms in total. The van der Waals surface area contributed by atoms with Crippen LogP contribution in [0.3, 0.4) is 0 Å². The molecule has 1 unspecified atom stereocenters. The van der Waals surface area contributed by atoms with E-state index >= 15 is 0 Å². The van der Waals surface area contributed by atoms with Crippen LogP contribution in [-0.2, 0) is 13.0 Å². The molecule has 88 valence electrons. The smallest absolute Gasteiger partial charge is 0.0433 e. The molecular weight excluding hydrogens is 236 g/mol. The average Bonchev–Trinajstić information content (AvgIpc) is 2.97. The van der Waals surface area contributed by atoms with Gasteiger partial charge in [0.05, 0.1) is 0 Å².